The van der Waals surface area contributed by atoms with E-state index in [0.29, 0.717) is 11.5 Å². The Morgan fingerprint density at radius 1 is 0.962 bits per heavy atom. The number of benzene rings is 2. The number of aromatic hydroxyl groups is 1. The van der Waals surface area contributed by atoms with Crippen molar-refractivity contribution in [3.63, 3.8) is 0 Å². The van der Waals surface area contributed by atoms with E-state index in [-0.39, 0.29) is 30.1 Å². The molecule has 0 spiro atoms. The first-order valence-corrected chi connectivity index (χ1v) is 7.93. The van der Waals surface area contributed by atoms with Crippen LogP contribution in [0.4, 0.5) is 0 Å². The Bertz CT molecular complexity index is 914. The van der Waals surface area contributed by atoms with E-state index in [1.165, 1.54) is 18.4 Å². The molecule has 26 heavy (non-hydrogen) atoms. The van der Waals surface area contributed by atoms with Crippen LogP contribution in [0.25, 0.3) is 0 Å². The second-order valence-corrected chi connectivity index (χ2v) is 5.50. The number of phenolic OH excluding ortho intramolecular Hbond substituents is 1. The van der Waals surface area contributed by atoms with Crippen LogP contribution in [0.3, 0.4) is 0 Å². The van der Waals surface area contributed by atoms with Crippen molar-refractivity contribution < 1.29 is 23.7 Å². The molecule has 0 bridgehead atoms. The zero-order valence-electron chi connectivity index (χ0n) is 14.2. The Kier molecular flexibility index (Phi) is 5.43. The average Bonchev–Trinajstić information content (AvgIpc) is 2.66. The van der Waals surface area contributed by atoms with Gasteiger partial charge in [-0.2, -0.15) is 0 Å². The first-order valence-electron chi connectivity index (χ1n) is 7.93. The van der Waals surface area contributed by atoms with Gasteiger partial charge in [-0.15, -0.1) is 0 Å². The summed E-state index contributed by atoms with van der Waals surface area (Å²) in [4.78, 5) is 12.1. The quantitative estimate of drug-likeness (QED) is 0.699. The Morgan fingerprint density at radius 2 is 1.77 bits per heavy atom. The second-order valence-electron chi connectivity index (χ2n) is 5.50. The molecule has 2 aromatic carbocycles. The van der Waals surface area contributed by atoms with Crippen LogP contribution in [0.1, 0.15) is 11.3 Å². The predicted octanol–water partition coefficient (Wildman–Crippen LogP) is 3.51. The molecular weight excluding hydrogens is 336 g/mol. The van der Waals surface area contributed by atoms with E-state index in [2.05, 4.69) is 0 Å². The molecule has 0 saturated heterocycles. The summed E-state index contributed by atoms with van der Waals surface area (Å²) in [6, 6.07) is 15.1. The lowest BCUT2D eigenvalue weighted by molar-refractivity contribution is 0.253. The highest BCUT2D eigenvalue weighted by atomic mass is 16.5. The molecule has 6 nitrogen and oxygen atoms in total. The fourth-order valence-corrected chi connectivity index (χ4v) is 2.23. The molecular formula is C20H18O6. The molecule has 0 amide bonds. The van der Waals surface area contributed by atoms with Gasteiger partial charge in [-0.25, -0.2) is 0 Å². The maximum absolute atomic E-state index is 12.1. The van der Waals surface area contributed by atoms with Crippen LogP contribution in [-0.4, -0.2) is 12.2 Å². The van der Waals surface area contributed by atoms with E-state index in [4.69, 9.17) is 18.6 Å². The summed E-state index contributed by atoms with van der Waals surface area (Å²) >= 11 is 0. The van der Waals surface area contributed by atoms with Gasteiger partial charge in [-0.05, 0) is 29.8 Å². The Labute approximate surface area is 150 Å². The van der Waals surface area contributed by atoms with Gasteiger partial charge in [-0.3, -0.25) is 4.79 Å². The molecule has 134 valence electrons. The molecule has 3 rings (SSSR count). The van der Waals surface area contributed by atoms with Crippen molar-refractivity contribution in [2.24, 2.45) is 0 Å². The van der Waals surface area contributed by atoms with E-state index in [9.17, 15) is 9.90 Å². The molecule has 0 fully saturated rings. The van der Waals surface area contributed by atoms with Gasteiger partial charge in [0.15, 0.2) is 0 Å². The number of phenols is 1. The van der Waals surface area contributed by atoms with Crippen LogP contribution in [-0.2, 0) is 13.2 Å². The van der Waals surface area contributed by atoms with Crippen LogP contribution in [0.5, 0.6) is 23.0 Å². The maximum atomic E-state index is 12.1. The number of hydrogen-bond acceptors (Lipinski definition) is 6. The molecule has 1 heterocycles. The third-order valence-electron chi connectivity index (χ3n) is 3.60. The van der Waals surface area contributed by atoms with Gasteiger partial charge in [0.25, 0.3) is 0 Å². The van der Waals surface area contributed by atoms with Crippen LogP contribution in [0, 0.1) is 0 Å². The van der Waals surface area contributed by atoms with Gasteiger partial charge < -0.3 is 23.7 Å². The molecule has 0 aliphatic heterocycles. The van der Waals surface area contributed by atoms with Crippen molar-refractivity contribution >= 4 is 0 Å². The average molecular weight is 354 g/mol. The van der Waals surface area contributed by atoms with Crippen LogP contribution in [0.15, 0.2) is 70.1 Å². The minimum Gasteiger partial charge on any atom is -0.508 e. The van der Waals surface area contributed by atoms with Gasteiger partial charge in [0.05, 0.1) is 7.11 Å². The molecule has 0 unspecified atom stereocenters. The van der Waals surface area contributed by atoms with E-state index >= 15 is 0 Å². The maximum Gasteiger partial charge on any atom is 0.227 e. The highest BCUT2D eigenvalue weighted by Gasteiger charge is 2.07. The first kappa shape index (κ1) is 17.4. The van der Waals surface area contributed by atoms with Gasteiger partial charge >= 0.3 is 0 Å². The monoisotopic (exact) mass is 354 g/mol. The Balaban J connectivity index is 1.59. The van der Waals surface area contributed by atoms with E-state index in [1.807, 2.05) is 24.3 Å². The van der Waals surface area contributed by atoms with Crippen molar-refractivity contribution in [2.45, 2.75) is 13.2 Å². The van der Waals surface area contributed by atoms with Gasteiger partial charge in [0.2, 0.25) is 11.2 Å². The second kappa shape index (κ2) is 8.11. The molecule has 0 saturated carbocycles. The summed E-state index contributed by atoms with van der Waals surface area (Å²) in [5.74, 6) is 1.82. The Hall–Kier alpha value is -3.41. The van der Waals surface area contributed by atoms with Crippen molar-refractivity contribution in [1.82, 2.24) is 0 Å². The molecule has 3 aromatic rings. The van der Waals surface area contributed by atoms with Crippen LogP contribution < -0.4 is 19.6 Å². The van der Waals surface area contributed by atoms with Gasteiger partial charge in [-0.1, -0.05) is 18.2 Å². The standard InChI is InChI=1S/C20H18O6/c1-23-16-7-5-14(6-8-16)11-26-20-13-25-18(10-19(20)22)12-24-17-4-2-3-15(21)9-17/h2-10,13,21H,11-12H2,1H3. The summed E-state index contributed by atoms with van der Waals surface area (Å²) in [6.45, 7) is 0.311. The zero-order valence-corrected chi connectivity index (χ0v) is 14.2. The first-order chi connectivity index (χ1) is 12.6. The third kappa shape index (κ3) is 4.57. The predicted molar refractivity (Wildman–Crippen MR) is 94.7 cm³/mol. The lowest BCUT2D eigenvalue weighted by Crippen LogP contribution is -2.09. The normalized spacial score (nSPS) is 10.3. The van der Waals surface area contributed by atoms with E-state index in [0.717, 1.165) is 11.3 Å². The topological polar surface area (TPSA) is 78.1 Å². The minimum absolute atomic E-state index is 0.0669. The molecule has 0 aliphatic rings. The van der Waals surface area contributed by atoms with Crippen molar-refractivity contribution in [1.29, 1.82) is 0 Å². The number of ether oxygens (including phenoxy) is 3. The minimum atomic E-state index is -0.292. The van der Waals surface area contributed by atoms with Crippen molar-refractivity contribution in [2.75, 3.05) is 7.11 Å². The summed E-state index contributed by atoms with van der Waals surface area (Å²) in [5, 5.41) is 9.40. The summed E-state index contributed by atoms with van der Waals surface area (Å²) < 4.78 is 21.5. The highest BCUT2D eigenvalue weighted by Crippen LogP contribution is 2.19. The van der Waals surface area contributed by atoms with Crippen molar-refractivity contribution in [3.05, 3.63) is 82.4 Å². The fourth-order valence-electron chi connectivity index (χ4n) is 2.23. The summed E-state index contributed by atoms with van der Waals surface area (Å²) in [6.07, 6.45) is 1.27. The molecule has 1 aromatic heterocycles. The van der Waals surface area contributed by atoms with Gasteiger partial charge in [0.1, 0.15) is 42.5 Å². The van der Waals surface area contributed by atoms with Crippen LogP contribution >= 0.6 is 0 Å². The molecule has 0 aliphatic carbocycles. The molecule has 6 heteroatoms. The van der Waals surface area contributed by atoms with Gasteiger partial charge in [0, 0.05) is 12.1 Å². The number of methoxy groups -OCH3 is 1. The molecule has 1 N–H and O–H groups in total. The van der Waals surface area contributed by atoms with E-state index in [1.54, 1.807) is 25.3 Å². The van der Waals surface area contributed by atoms with E-state index < -0.39 is 0 Å². The lowest BCUT2D eigenvalue weighted by Gasteiger charge is -2.08. The smallest absolute Gasteiger partial charge is 0.227 e. The lowest BCUT2D eigenvalue weighted by atomic mass is 10.2. The Morgan fingerprint density at radius 3 is 2.46 bits per heavy atom. The zero-order chi connectivity index (χ0) is 18.4. The summed E-state index contributed by atoms with van der Waals surface area (Å²) in [7, 11) is 1.60. The number of rotatable bonds is 7. The number of hydrogen-bond donors (Lipinski definition) is 1. The summed E-state index contributed by atoms with van der Waals surface area (Å²) in [5.41, 5.74) is 0.612. The van der Waals surface area contributed by atoms with Crippen LogP contribution in [0.2, 0.25) is 0 Å². The molecule has 0 radical (unpaired) electrons. The van der Waals surface area contributed by atoms with Crippen molar-refractivity contribution in [3.8, 4) is 23.0 Å². The molecule has 0 atom stereocenters. The fraction of sp³-hybridized carbons (Fsp3) is 0.150. The SMILES string of the molecule is COc1ccc(COc2coc(COc3cccc(O)c3)cc2=O)cc1. The third-order valence-corrected chi connectivity index (χ3v) is 3.60. The largest absolute Gasteiger partial charge is 0.508 e. The highest BCUT2D eigenvalue weighted by molar-refractivity contribution is 5.32.